The van der Waals surface area contributed by atoms with Crippen LogP contribution < -0.4 is 10.1 Å². The second-order valence-corrected chi connectivity index (χ2v) is 5.91. The van der Waals surface area contributed by atoms with Gasteiger partial charge in [0.15, 0.2) is 0 Å². The molecule has 4 nitrogen and oxygen atoms in total. The molecule has 1 heterocycles. The lowest BCUT2D eigenvalue weighted by Gasteiger charge is -2.36. The first-order valence-corrected chi connectivity index (χ1v) is 7.91. The number of nitrogens with one attached hydrogen (secondary N) is 1. The Morgan fingerprint density at radius 2 is 2.14 bits per heavy atom. The Hall–Kier alpha value is -1.10. The summed E-state index contributed by atoms with van der Waals surface area (Å²) >= 11 is 0. The number of ether oxygens (including phenoxy) is 2. The standard InChI is InChI=1S/C17H28N2O2/c1-5-18-17(16-12-19(4)10-11-20-16)14-8-6-7-9-15(14)21-13(2)3/h6-9,13,16-18H,5,10-12H2,1-4H3. The van der Waals surface area contributed by atoms with Crippen LogP contribution in [-0.4, -0.2) is 50.4 Å². The summed E-state index contributed by atoms with van der Waals surface area (Å²) in [6.07, 6.45) is 0.323. The second-order valence-electron chi connectivity index (χ2n) is 5.91. The van der Waals surface area contributed by atoms with Crippen molar-refractivity contribution in [1.82, 2.24) is 10.2 Å². The molecule has 1 aromatic rings. The zero-order chi connectivity index (χ0) is 15.2. The molecule has 2 rings (SSSR count). The van der Waals surface area contributed by atoms with Crippen LogP contribution in [0.3, 0.4) is 0 Å². The van der Waals surface area contributed by atoms with Crippen molar-refractivity contribution >= 4 is 0 Å². The van der Waals surface area contributed by atoms with Gasteiger partial charge >= 0.3 is 0 Å². The van der Waals surface area contributed by atoms with E-state index in [1.807, 2.05) is 12.1 Å². The quantitative estimate of drug-likeness (QED) is 0.873. The molecule has 0 bridgehead atoms. The van der Waals surface area contributed by atoms with E-state index in [2.05, 4.69) is 50.2 Å². The van der Waals surface area contributed by atoms with Crippen LogP contribution in [0.2, 0.25) is 0 Å². The van der Waals surface area contributed by atoms with Crippen molar-refractivity contribution in [2.24, 2.45) is 0 Å². The number of hydrogen-bond donors (Lipinski definition) is 1. The molecule has 4 heteroatoms. The predicted octanol–water partition coefficient (Wildman–Crippen LogP) is 2.46. The van der Waals surface area contributed by atoms with E-state index in [0.717, 1.165) is 32.0 Å². The van der Waals surface area contributed by atoms with Crippen LogP contribution >= 0.6 is 0 Å². The van der Waals surface area contributed by atoms with Crippen molar-refractivity contribution in [2.45, 2.75) is 39.0 Å². The van der Waals surface area contributed by atoms with Gasteiger partial charge in [0.2, 0.25) is 0 Å². The number of hydrogen-bond acceptors (Lipinski definition) is 4. The number of likely N-dealkylation sites (N-methyl/N-ethyl adjacent to an activating group) is 2. The fourth-order valence-electron chi connectivity index (χ4n) is 2.77. The molecule has 1 aliphatic rings. The van der Waals surface area contributed by atoms with E-state index < -0.39 is 0 Å². The first-order valence-electron chi connectivity index (χ1n) is 7.91. The Labute approximate surface area is 128 Å². The molecule has 1 fully saturated rings. The van der Waals surface area contributed by atoms with Crippen LogP contribution in [0.15, 0.2) is 24.3 Å². The zero-order valence-corrected chi connectivity index (χ0v) is 13.6. The molecular weight excluding hydrogens is 264 g/mol. The Morgan fingerprint density at radius 1 is 1.38 bits per heavy atom. The molecule has 0 aromatic heterocycles. The van der Waals surface area contributed by atoms with Gasteiger partial charge in [-0.2, -0.15) is 0 Å². The molecule has 0 radical (unpaired) electrons. The maximum absolute atomic E-state index is 6.02. The van der Waals surface area contributed by atoms with Crippen LogP contribution in [0.25, 0.3) is 0 Å². The molecule has 0 saturated carbocycles. The fourth-order valence-corrected chi connectivity index (χ4v) is 2.77. The number of para-hydroxylation sites is 1. The van der Waals surface area contributed by atoms with Gasteiger partial charge in [-0.15, -0.1) is 0 Å². The van der Waals surface area contributed by atoms with Gasteiger partial charge in [0.25, 0.3) is 0 Å². The molecule has 21 heavy (non-hydrogen) atoms. The molecule has 1 aliphatic heterocycles. The van der Waals surface area contributed by atoms with Crippen LogP contribution in [0, 0.1) is 0 Å². The molecule has 2 unspecified atom stereocenters. The smallest absolute Gasteiger partial charge is 0.124 e. The van der Waals surface area contributed by atoms with Gasteiger partial charge in [0, 0.05) is 18.7 Å². The van der Waals surface area contributed by atoms with E-state index in [1.54, 1.807) is 0 Å². The first-order chi connectivity index (χ1) is 10.1. The van der Waals surface area contributed by atoms with Gasteiger partial charge in [-0.3, -0.25) is 0 Å². The monoisotopic (exact) mass is 292 g/mol. The third-order valence-electron chi connectivity index (χ3n) is 3.71. The van der Waals surface area contributed by atoms with Gasteiger partial charge in [0.1, 0.15) is 5.75 Å². The lowest BCUT2D eigenvalue weighted by Crippen LogP contribution is -2.46. The topological polar surface area (TPSA) is 33.7 Å². The molecule has 0 spiro atoms. The highest BCUT2D eigenvalue weighted by Gasteiger charge is 2.29. The summed E-state index contributed by atoms with van der Waals surface area (Å²) in [5.74, 6) is 0.954. The minimum absolute atomic E-state index is 0.153. The molecule has 1 aromatic carbocycles. The predicted molar refractivity (Wildman–Crippen MR) is 85.9 cm³/mol. The highest BCUT2D eigenvalue weighted by Crippen LogP contribution is 2.30. The lowest BCUT2D eigenvalue weighted by atomic mass is 9.98. The van der Waals surface area contributed by atoms with Gasteiger partial charge in [-0.05, 0) is 33.5 Å². The van der Waals surface area contributed by atoms with Crippen molar-refractivity contribution in [3.05, 3.63) is 29.8 Å². The van der Waals surface area contributed by atoms with Crippen molar-refractivity contribution < 1.29 is 9.47 Å². The van der Waals surface area contributed by atoms with E-state index in [1.165, 1.54) is 5.56 Å². The molecule has 2 atom stereocenters. The van der Waals surface area contributed by atoms with Gasteiger partial charge in [0.05, 0.1) is 24.9 Å². The van der Waals surface area contributed by atoms with E-state index in [-0.39, 0.29) is 18.2 Å². The summed E-state index contributed by atoms with van der Waals surface area (Å²) in [5.41, 5.74) is 1.19. The molecule has 0 amide bonds. The molecule has 0 aliphatic carbocycles. The van der Waals surface area contributed by atoms with Gasteiger partial charge < -0.3 is 19.7 Å². The average Bonchev–Trinajstić information content (AvgIpc) is 2.45. The second kappa shape index (κ2) is 7.78. The maximum atomic E-state index is 6.02. The maximum Gasteiger partial charge on any atom is 0.124 e. The lowest BCUT2D eigenvalue weighted by molar-refractivity contribution is -0.0395. The summed E-state index contributed by atoms with van der Waals surface area (Å²) in [4.78, 5) is 2.32. The molecule has 1 saturated heterocycles. The SMILES string of the molecule is CCNC(c1ccccc1OC(C)C)C1CN(C)CCO1. The molecule has 1 N–H and O–H groups in total. The third kappa shape index (κ3) is 4.43. The van der Waals surface area contributed by atoms with Crippen molar-refractivity contribution in [3.8, 4) is 5.75 Å². The van der Waals surface area contributed by atoms with Crippen LogP contribution in [0.1, 0.15) is 32.4 Å². The summed E-state index contributed by atoms with van der Waals surface area (Å²) in [6, 6.07) is 8.44. The number of morpholine rings is 1. The number of nitrogens with zero attached hydrogens (tertiary/aromatic N) is 1. The van der Waals surface area contributed by atoms with Gasteiger partial charge in [-0.25, -0.2) is 0 Å². The Kier molecular flexibility index (Phi) is 6.03. The van der Waals surface area contributed by atoms with Crippen LogP contribution in [-0.2, 0) is 4.74 Å². The van der Waals surface area contributed by atoms with E-state index in [4.69, 9.17) is 9.47 Å². The first kappa shape index (κ1) is 16.3. The van der Waals surface area contributed by atoms with Crippen LogP contribution in [0.4, 0.5) is 0 Å². The van der Waals surface area contributed by atoms with E-state index in [9.17, 15) is 0 Å². The van der Waals surface area contributed by atoms with E-state index >= 15 is 0 Å². The van der Waals surface area contributed by atoms with E-state index in [0.29, 0.717) is 0 Å². The summed E-state index contributed by atoms with van der Waals surface area (Å²) in [7, 11) is 2.15. The fraction of sp³-hybridized carbons (Fsp3) is 0.647. The number of rotatable bonds is 6. The Bertz CT molecular complexity index is 437. The van der Waals surface area contributed by atoms with Crippen molar-refractivity contribution in [3.63, 3.8) is 0 Å². The highest BCUT2D eigenvalue weighted by molar-refractivity contribution is 5.37. The minimum atomic E-state index is 0.153. The highest BCUT2D eigenvalue weighted by atomic mass is 16.5. The summed E-state index contributed by atoms with van der Waals surface area (Å²) in [5, 5.41) is 3.57. The normalized spacial score (nSPS) is 21.5. The van der Waals surface area contributed by atoms with Crippen molar-refractivity contribution in [1.29, 1.82) is 0 Å². The molecular formula is C17H28N2O2. The van der Waals surface area contributed by atoms with Crippen LogP contribution in [0.5, 0.6) is 5.75 Å². The Morgan fingerprint density at radius 3 is 2.81 bits per heavy atom. The zero-order valence-electron chi connectivity index (χ0n) is 13.6. The Balaban J connectivity index is 2.24. The average molecular weight is 292 g/mol. The third-order valence-corrected chi connectivity index (χ3v) is 3.71. The molecule has 118 valence electrons. The minimum Gasteiger partial charge on any atom is -0.491 e. The summed E-state index contributed by atoms with van der Waals surface area (Å²) in [6.45, 7) is 9.88. The largest absolute Gasteiger partial charge is 0.491 e. The summed E-state index contributed by atoms with van der Waals surface area (Å²) < 4.78 is 12.0. The van der Waals surface area contributed by atoms with Crippen molar-refractivity contribution in [2.75, 3.05) is 33.3 Å². The number of benzene rings is 1. The van der Waals surface area contributed by atoms with Gasteiger partial charge in [-0.1, -0.05) is 25.1 Å².